The summed E-state index contributed by atoms with van der Waals surface area (Å²) in [7, 11) is 0. The summed E-state index contributed by atoms with van der Waals surface area (Å²) in [6.45, 7) is 0. The quantitative estimate of drug-likeness (QED) is 0.598. The molecule has 7 heteroatoms. The van der Waals surface area contributed by atoms with Crippen molar-refractivity contribution in [2.24, 2.45) is 0 Å². The highest BCUT2D eigenvalue weighted by Gasteiger charge is 2.33. The van der Waals surface area contributed by atoms with Crippen molar-refractivity contribution in [3.8, 4) is 0 Å². The Morgan fingerprint density at radius 2 is 1.65 bits per heavy atom. The smallest absolute Gasteiger partial charge is 0.275 e. The summed E-state index contributed by atoms with van der Waals surface area (Å²) in [6, 6.07) is 9.81. The van der Waals surface area contributed by atoms with Crippen LogP contribution < -0.4 is 16.4 Å². The number of nitrogen functional groups attached to an aromatic ring is 1. The highest BCUT2D eigenvalue weighted by atomic mass is 19.2. The molecule has 1 aliphatic heterocycles. The molecule has 0 aliphatic carbocycles. The van der Waals surface area contributed by atoms with Gasteiger partial charge in [-0.25, -0.2) is 8.78 Å². The molecule has 2 aromatic carbocycles. The van der Waals surface area contributed by atoms with Gasteiger partial charge in [-0.2, -0.15) is 0 Å². The van der Waals surface area contributed by atoms with Crippen LogP contribution in [0, 0.1) is 11.6 Å². The average molecular weight is 315 g/mol. The lowest BCUT2D eigenvalue weighted by Crippen LogP contribution is -2.24. The van der Waals surface area contributed by atoms with Crippen LogP contribution in [0.2, 0.25) is 0 Å². The summed E-state index contributed by atoms with van der Waals surface area (Å²) in [5, 5.41) is 4.81. The number of benzene rings is 2. The van der Waals surface area contributed by atoms with E-state index in [9.17, 15) is 18.4 Å². The molecule has 0 bridgehead atoms. The Labute approximate surface area is 129 Å². The van der Waals surface area contributed by atoms with Crippen LogP contribution in [0.15, 0.2) is 48.2 Å². The van der Waals surface area contributed by atoms with E-state index in [1.54, 1.807) is 24.3 Å². The van der Waals surface area contributed by atoms with Gasteiger partial charge in [0.15, 0.2) is 11.6 Å². The van der Waals surface area contributed by atoms with Gasteiger partial charge in [0.1, 0.15) is 5.70 Å². The highest BCUT2D eigenvalue weighted by Crippen LogP contribution is 2.28. The summed E-state index contributed by atoms with van der Waals surface area (Å²) >= 11 is 0. The molecule has 4 N–H and O–H groups in total. The minimum Gasteiger partial charge on any atom is -0.399 e. The maximum absolute atomic E-state index is 14.0. The Morgan fingerprint density at radius 3 is 2.35 bits per heavy atom. The predicted octanol–water partition coefficient (Wildman–Crippen LogP) is 2.03. The van der Waals surface area contributed by atoms with Gasteiger partial charge in [0.25, 0.3) is 11.8 Å². The van der Waals surface area contributed by atoms with Gasteiger partial charge in [-0.05, 0) is 30.3 Å². The zero-order valence-corrected chi connectivity index (χ0v) is 11.7. The monoisotopic (exact) mass is 315 g/mol. The molecule has 23 heavy (non-hydrogen) atoms. The second-order valence-electron chi connectivity index (χ2n) is 4.88. The fourth-order valence-corrected chi connectivity index (χ4v) is 2.24. The molecule has 5 nitrogen and oxygen atoms in total. The number of halogens is 2. The normalized spacial score (nSPS) is 14.2. The van der Waals surface area contributed by atoms with E-state index in [0.29, 0.717) is 11.4 Å². The van der Waals surface area contributed by atoms with Crippen LogP contribution in [-0.2, 0) is 9.59 Å². The lowest BCUT2D eigenvalue weighted by molar-refractivity contribution is -0.123. The molecule has 0 aromatic heterocycles. The van der Waals surface area contributed by atoms with E-state index in [1.165, 1.54) is 12.1 Å². The zero-order valence-electron chi connectivity index (χ0n) is 11.7. The molecular weight excluding hydrogens is 304 g/mol. The first-order chi connectivity index (χ1) is 11.0. The van der Waals surface area contributed by atoms with Gasteiger partial charge < -0.3 is 11.1 Å². The number of nitrogens with two attached hydrogens (primary N) is 1. The van der Waals surface area contributed by atoms with Crippen molar-refractivity contribution in [3.63, 3.8) is 0 Å². The lowest BCUT2D eigenvalue weighted by atomic mass is 10.0. The van der Waals surface area contributed by atoms with E-state index in [2.05, 4.69) is 10.6 Å². The van der Waals surface area contributed by atoms with Crippen molar-refractivity contribution in [2.75, 3.05) is 11.1 Å². The van der Waals surface area contributed by atoms with Crippen molar-refractivity contribution in [3.05, 3.63) is 65.4 Å². The maximum Gasteiger partial charge on any atom is 0.275 e. The molecule has 0 spiro atoms. The number of carbonyl (C=O) groups excluding carboxylic acids is 2. The molecule has 2 amide bonds. The predicted molar refractivity (Wildman–Crippen MR) is 80.9 cm³/mol. The molecule has 1 heterocycles. The molecule has 3 rings (SSSR count). The maximum atomic E-state index is 14.0. The zero-order chi connectivity index (χ0) is 16.6. The Bertz CT molecular complexity index is 845. The summed E-state index contributed by atoms with van der Waals surface area (Å²) in [6.07, 6.45) is 0. The van der Waals surface area contributed by atoms with Gasteiger partial charge in [0, 0.05) is 16.9 Å². The fourth-order valence-electron chi connectivity index (χ4n) is 2.24. The van der Waals surface area contributed by atoms with Crippen LogP contribution in [0.25, 0.3) is 5.57 Å². The molecule has 0 fully saturated rings. The molecule has 0 saturated carbocycles. The summed E-state index contributed by atoms with van der Waals surface area (Å²) in [4.78, 5) is 23.9. The molecule has 0 atom stereocenters. The Hall–Kier alpha value is -3.22. The number of imide groups is 1. The van der Waals surface area contributed by atoms with Gasteiger partial charge in [0.2, 0.25) is 0 Å². The molecule has 116 valence electrons. The fraction of sp³-hybridized carbons (Fsp3) is 0. The van der Waals surface area contributed by atoms with Crippen molar-refractivity contribution in [1.29, 1.82) is 0 Å². The molecule has 0 unspecified atom stereocenters. The Balaban J connectivity index is 2.10. The molecule has 0 radical (unpaired) electrons. The number of anilines is 2. The van der Waals surface area contributed by atoms with Gasteiger partial charge in [0.05, 0.1) is 5.57 Å². The minimum atomic E-state index is -1.19. The van der Waals surface area contributed by atoms with Crippen molar-refractivity contribution >= 4 is 28.8 Å². The van der Waals surface area contributed by atoms with Crippen LogP contribution in [0.1, 0.15) is 5.56 Å². The van der Waals surface area contributed by atoms with Crippen molar-refractivity contribution in [1.82, 2.24) is 5.32 Å². The number of carbonyl (C=O) groups is 2. The largest absolute Gasteiger partial charge is 0.399 e. The van der Waals surface area contributed by atoms with E-state index in [1.807, 2.05) is 0 Å². The second-order valence-corrected chi connectivity index (χ2v) is 4.88. The first kappa shape index (κ1) is 14.7. The van der Waals surface area contributed by atoms with Gasteiger partial charge in [-0.1, -0.05) is 12.1 Å². The van der Waals surface area contributed by atoms with E-state index >= 15 is 0 Å². The SMILES string of the molecule is Nc1ccc(NC2=C(c3cccc(F)c3F)C(=O)NC2=O)cc1. The number of hydrogen-bond donors (Lipinski definition) is 3. The molecular formula is C16H11F2N3O2. The standard InChI is InChI=1S/C16H11F2N3O2/c17-11-3-1-2-10(13(11)18)12-14(16(23)21-15(12)22)20-9-6-4-8(19)5-7-9/h1-7H,19H2,(H2,20,21,22,23). The van der Waals surface area contributed by atoms with E-state index in [-0.39, 0.29) is 16.8 Å². The second kappa shape index (κ2) is 5.53. The first-order valence-electron chi connectivity index (χ1n) is 6.64. The summed E-state index contributed by atoms with van der Waals surface area (Å²) in [5.41, 5.74) is 5.89. The molecule has 0 saturated heterocycles. The van der Waals surface area contributed by atoms with Crippen LogP contribution in [0.5, 0.6) is 0 Å². The van der Waals surface area contributed by atoms with Crippen LogP contribution in [0.4, 0.5) is 20.2 Å². The average Bonchev–Trinajstić information content (AvgIpc) is 2.79. The number of hydrogen-bond acceptors (Lipinski definition) is 4. The minimum absolute atomic E-state index is 0.149. The number of amides is 2. The van der Waals surface area contributed by atoms with Crippen molar-refractivity contribution < 1.29 is 18.4 Å². The molecule has 1 aliphatic rings. The Morgan fingerprint density at radius 1 is 0.957 bits per heavy atom. The Kier molecular flexibility index (Phi) is 3.53. The third-order valence-electron chi connectivity index (χ3n) is 3.33. The summed E-state index contributed by atoms with van der Waals surface area (Å²) in [5.74, 6) is -3.80. The third kappa shape index (κ3) is 2.64. The third-order valence-corrected chi connectivity index (χ3v) is 3.33. The van der Waals surface area contributed by atoms with E-state index < -0.39 is 23.4 Å². The highest BCUT2D eigenvalue weighted by molar-refractivity contribution is 6.36. The van der Waals surface area contributed by atoms with Gasteiger partial charge >= 0.3 is 0 Å². The topological polar surface area (TPSA) is 84.2 Å². The van der Waals surface area contributed by atoms with Crippen molar-refractivity contribution in [2.45, 2.75) is 0 Å². The number of rotatable bonds is 3. The van der Waals surface area contributed by atoms with Crippen LogP contribution in [-0.4, -0.2) is 11.8 Å². The first-order valence-corrected chi connectivity index (χ1v) is 6.64. The van der Waals surface area contributed by atoms with E-state index in [4.69, 9.17) is 5.73 Å². The summed E-state index contributed by atoms with van der Waals surface area (Å²) < 4.78 is 27.4. The van der Waals surface area contributed by atoms with Crippen LogP contribution in [0.3, 0.4) is 0 Å². The molecule has 2 aromatic rings. The van der Waals surface area contributed by atoms with Crippen LogP contribution >= 0.6 is 0 Å². The van der Waals surface area contributed by atoms with Gasteiger partial charge in [-0.3, -0.25) is 14.9 Å². The van der Waals surface area contributed by atoms with Gasteiger partial charge in [-0.15, -0.1) is 0 Å². The lowest BCUT2D eigenvalue weighted by Gasteiger charge is -2.09. The number of nitrogens with one attached hydrogen (secondary N) is 2. The van der Waals surface area contributed by atoms with E-state index in [0.717, 1.165) is 6.07 Å².